The lowest BCUT2D eigenvalue weighted by molar-refractivity contribution is 0.0594. The number of ether oxygens (including phenoxy) is 1. The number of methoxy groups -OCH3 is 1. The largest absolute Gasteiger partial charge is 0.464 e. The van der Waals surface area contributed by atoms with Gasteiger partial charge in [-0.05, 0) is 39.7 Å². The average molecular weight is 225 g/mol. The summed E-state index contributed by atoms with van der Waals surface area (Å²) in [5, 5.41) is 4.50. The maximum absolute atomic E-state index is 11.4. The summed E-state index contributed by atoms with van der Waals surface area (Å²) in [6, 6.07) is 12.1. The van der Waals surface area contributed by atoms with Crippen LogP contribution in [0.25, 0.3) is 21.5 Å². The summed E-state index contributed by atoms with van der Waals surface area (Å²) in [5.74, 6) is -0.352. The van der Waals surface area contributed by atoms with Crippen LogP contribution in [0.4, 0.5) is 0 Å². The van der Waals surface area contributed by atoms with Crippen molar-refractivity contribution in [3.05, 3.63) is 48.3 Å². The second-order valence-electron chi connectivity index (χ2n) is 3.97. The van der Waals surface area contributed by atoms with Gasteiger partial charge in [0.05, 0.1) is 7.11 Å². The molecule has 3 aromatic rings. The van der Waals surface area contributed by atoms with E-state index in [1.54, 1.807) is 0 Å². The summed E-state index contributed by atoms with van der Waals surface area (Å²) < 4.78 is 4.69. The number of carbonyl (C=O) groups excluding carboxylic acids is 1. The van der Waals surface area contributed by atoms with Crippen LogP contribution in [0.15, 0.2) is 42.6 Å². The highest BCUT2D eigenvalue weighted by Crippen LogP contribution is 2.23. The number of nitrogens with one attached hydrogen (secondary N) is 1. The van der Waals surface area contributed by atoms with Crippen LogP contribution < -0.4 is 0 Å². The molecular weight excluding hydrogens is 214 g/mol. The molecule has 1 N–H and O–H groups in total. The number of rotatable bonds is 1. The average Bonchev–Trinajstić information content (AvgIpc) is 2.81. The molecule has 17 heavy (non-hydrogen) atoms. The maximum Gasteiger partial charge on any atom is 0.354 e. The molecule has 3 nitrogen and oxygen atoms in total. The van der Waals surface area contributed by atoms with Crippen molar-refractivity contribution in [3.63, 3.8) is 0 Å². The Bertz CT molecular complexity index is 712. The Morgan fingerprint density at radius 3 is 2.47 bits per heavy atom. The van der Waals surface area contributed by atoms with Crippen molar-refractivity contribution in [3.8, 4) is 0 Å². The number of benzene rings is 1. The van der Waals surface area contributed by atoms with Crippen LogP contribution in [0.3, 0.4) is 0 Å². The molecule has 0 saturated carbocycles. The third-order valence-electron chi connectivity index (χ3n) is 2.93. The van der Waals surface area contributed by atoms with Gasteiger partial charge in [-0.15, -0.1) is 0 Å². The summed E-state index contributed by atoms with van der Waals surface area (Å²) >= 11 is 0. The van der Waals surface area contributed by atoms with Gasteiger partial charge in [-0.25, -0.2) is 4.79 Å². The topological polar surface area (TPSA) is 42.1 Å². The lowest BCUT2D eigenvalue weighted by Crippen LogP contribution is -2.03. The first-order valence-electron chi connectivity index (χ1n) is 5.37. The van der Waals surface area contributed by atoms with Gasteiger partial charge in [0, 0.05) is 6.20 Å². The maximum atomic E-state index is 11.4. The Morgan fingerprint density at radius 1 is 1.06 bits per heavy atom. The fourth-order valence-corrected chi connectivity index (χ4v) is 2.04. The normalized spacial score (nSPS) is 10.9. The van der Waals surface area contributed by atoms with Gasteiger partial charge in [0.25, 0.3) is 0 Å². The van der Waals surface area contributed by atoms with Crippen molar-refractivity contribution in [1.82, 2.24) is 4.98 Å². The second kappa shape index (κ2) is 3.63. The molecule has 0 aliphatic heterocycles. The van der Waals surface area contributed by atoms with Crippen molar-refractivity contribution in [2.24, 2.45) is 0 Å². The van der Waals surface area contributed by atoms with E-state index in [9.17, 15) is 4.79 Å². The van der Waals surface area contributed by atoms with Gasteiger partial charge >= 0.3 is 5.97 Å². The summed E-state index contributed by atoms with van der Waals surface area (Å²) in [7, 11) is 1.38. The van der Waals surface area contributed by atoms with Crippen LogP contribution in [0.1, 0.15) is 10.5 Å². The summed E-state index contributed by atoms with van der Waals surface area (Å²) in [6.07, 6.45) is 1.83. The number of pyridine rings is 1. The molecule has 0 atom stereocenters. The Balaban J connectivity index is 2.27. The predicted molar refractivity (Wildman–Crippen MR) is 67.1 cm³/mol. The van der Waals surface area contributed by atoms with E-state index in [-0.39, 0.29) is 5.97 Å². The first kappa shape index (κ1) is 9.90. The third-order valence-corrected chi connectivity index (χ3v) is 2.93. The first-order chi connectivity index (χ1) is 8.28. The highest BCUT2D eigenvalue weighted by Gasteiger charge is 2.06. The van der Waals surface area contributed by atoms with Gasteiger partial charge in [0.1, 0.15) is 5.69 Å². The molecule has 3 rings (SSSR count). The number of aromatic amines is 1. The standard InChI is InChI=1S/C14H11NO2/c1-17-14(16)13-7-11-5-9-3-2-4-10(9)6-12(11)8-15-13/h2-8,15H,1H3. The van der Waals surface area contributed by atoms with Crippen molar-refractivity contribution in [2.45, 2.75) is 0 Å². The minimum Gasteiger partial charge on any atom is -0.464 e. The van der Waals surface area contributed by atoms with Crippen molar-refractivity contribution >= 4 is 27.5 Å². The van der Waals surface area contributed by atoms with E-state index < -0.39 is 0 Å². The monoisotopic (exact) mass is 225 g/mol. The molecule has 1 heterocycles. The molecule has 0 unspecified atom stereocenters. The molecule has 1 aromatic heterocycles. The lowest BCUT2D eigenvalue weighted by atomic mass is 10.1. The number of aromatic nitrogens is 1. The first-order valence-corrected chi connectivity index (χ1v) is 5.37. The molecule has 2 aromatic carbocycles. The molecule has 0 aliphatic rings. The van der Waals surface area contributed by atoms with Crippen LogP contribution in [0.5, 0.6) is 0 Å². The third kappa shape index (κ3) is 1.56. The molecular formula is C14H11NO2. The Kier molecular flexibility index (Phi) is 2.11. The smallest absolute Gasteiger partial charge is 0.354 e. The van der Waals surface area contributed by atoms with Crippen molar-refractivity contribution in [2.75, 3.05) is 7.11 Å². The molecule has 3 heteroatoms. The van der Waals surface area contributed by atoms with Gasteiger partial charge in [-0.2, -0.15) is 0 Å². The second-order valence-corrected chi connectivity index (χ2v) is 3.97. The van der Waals surface area contributed by atoms with Crippen LogP contribution in [0.2, 0.25) is 0 Å². The van der Waals surface area contributed by atoms with Crippen LogP contribution in [0, 0.1) is 0 Å². The summed E-state index contributed by atoms with van der Waals surface area (Å²) in [6.45, 7) is 0. The number of H-pyrrole nitrogens is 1. The van der Waals surface area contributed by atoms with E-state index in [4.69, 9.17) is 0 Å². The quantitative estimate of drug-likeness (QED) is 0.646. The van der Waals surface area contributed by atoms with E-state index in [1.165, 1.54) is 17.9 Å². The molecule has 0 saturated heterocycles. The van der Waals surface area contributed by atoms with Gasteiger partial charge in [0.15, 0.2) is 0 Å². The highest BCUT2D eigenvalue weighted by molar-refractivity contribution is 6.00. The van der Waals surface area contributed by atoms with Crippen LogP contribution in [-0.4, -0.2) is 18.1 Å². The Hall–Kier alpha value is -2.29. The molecule has 0 bridgehead atoms. The van der Waals surface area contributed by atoms with Gasteiger partial charge in [-0.3, -0.25) is 0 Å². The van der Waals surface area contributed by atoms with Gasteiger partial charge in [-0.1, -0.05) is 18.2 Å². The molecule has 84 valence electrons. The number of hydrogen-bond donors (Lipinski definition) is 1. The Labute approximate surface area is 98.0 Å². The summed E-state index contributed by atoms with van der Waals surface area (Å²) in [5.41, 5.74) is 0.464. The van der Waals surface area contributed by atoms with E-state index in [0.29, 0.717) is 5.69 Å². The Morgan fingerprint density at radius 2 is 1.76 bits per heavy atom. The van der Waals surface area contributed by atoms with Crippen molar-refractivity contribution < 1.29 is 9.53 Å². The predicted octanol–water partition coefficient (Wildman–Crippen LogP) is 3.11. The molecule has 0 spiro atoms. The van der Waals surface area contributed by atoms with E-state index in [2.05, 4.69) is 34.0 Å². The number of fused-ring (bicyclic) bond motifs is 2. The minimum atomic E-state index is -0.352. The van der Waals surface area contributed by atoms with E-state index >= 15 is 0 Å². The van der Waals surface area contributed by atoms with E-state index in [1.807, 2.05) is 18.3 Å². The number of carbonyl (C=O) groups is 1. The van der Waals surface area contributed by atoms with Crippen LogP contribution in [-0.2, 0) is 4.74 Å². The highest BCUT2D eigenvalue weighted by atomic mass is 16.5. The molecule has 0 fully saturated rings. The summed E-state index contributed by atoms with van der Waals surface area (Å²) in [4.78, 5) is 14.4. The van der Waals surface area contributed by atoms with Crippen molar-refractivity contribution in [1.29, 1.82) is 0 Å². The van der Waals surface area contributed by atoms with Gasteiger partial charge in [0.2, 0.25) is 0 Å². The lowest BCUT2D eigenvalue weighted by Gasteiger charge is -2.03. The molecule has 0 amide bonds. The number of esters is 1. The fourth-order valence-electron chi connectivity index (χ4n) is 2.04. The number of hydrogen-bond acceptors (Lipinski definition) is 2. The minimum absolute atomic E-state index is 0.352. The zero-order chi connectivity index (χ0) is 11.8. The zero-order valence-electron chi connectivity index (χ0n) is 9.36. The fraction of sp³-hybridized carbons (Fsp3) is 0.0714. The SMILES string of the molecule is COC(=O)c1cc2cc3cccc3cc2c[nH]1. The zero-order valence-corrected chi connectivity index (χ0v) is 9.36. The molecule has 0 radical (unpaired) electrons. The molecule has 0 aliphatic carbocycles. The van der Waals surface area contributed by atoms with Gasteiger partial charge < -0.3 is 9.72 Å². The van der Waals surface area contributed by atoms with E-state index in [0.717, 1.165) is 10.8 Å². The van der Waals surface area contributed by atoms with Crippen LogP contribution >= 0.6 is 0 Å².